The molecule has 1 aliphatic rings. The number of fused-ring (bicyclic) bond motifs is 2. The van der Waals surface area contributed by atoms with Crippen molar-refractivity contribution in [2.24, 2.45) is 5.92 Å². The van der Waals surface area contributed by atoms with E-state index in [2.05, 4.69) is 29.1 Å². The van der Waals surface area contributed by atoms with E-state index in [0.717, 1.165) is 33.9 Å². The first-order valence-corrected chi connectivity index (χ1v) is 10.2. The molecular formula is C22H24ClN3O3. The molecule has 0 aliphatic carbocycles. The van der Waals surface area contributed by atoms with Crippen LogP contribution in [-0.2, 0) is 11.2 Å². The number of nitrogens with one attached hydrogen (secondary N) is 2. The molecule has 152 valence electrons. The van der Waals surface area contributed by atoms with Gasteiger partial charge in [-0.1, -0.05) is 31.5 Å². The summed E-state index contributed by atoms with van der Waals surface area (Å²) in [5, 5.41) is 3.81. The van der Waals surface area contributed by atoms with E-state index in [9.17, 15) is 4.79 Å². The highest BCUT2D eigenvalue weighted by Gasteiger charge is 2.21. The number of ether oxygens (including phenoxy) is 2. The minimum atomic E-state index is -0.104. The van der Waals surface area contributed by atoms with Gasteiger partial charge < -0.3 is 19.8 Å². The maximum atomic E-state index is 12.6. The average molecular weight is 414 g/mol. The molecule has 0 saturated heterocycles. The van der Waals surface area contributed by atoms with Gasteiger partial charge in [0.15, 0.2) is 11.5 Å². The van der Waals surface area contributed by atoms with Gasteiger partial charge in [-0.2, -0.15) is 0 Å². The van der Waals surface area contributed by atoms with Crippen LogP contribution >= 0.6 is 11.6 Å². The second kappa shape index (κ2) is 8.33. The Bertz CT molecular complexity index is 1030. The van der Waals surface area contributed by atoms with E-state index < -0.39 is 0 Å². The second-order valence-corrected chi connectivity index (χ2v) is 7.97. The normalized spacial score (nSPS) is 14.2. The number of aryl methyl sites for hydroxylation is 1. The van der Waals surface area contributed by atoms with Gasteiger partial charge >= 0.3 is 0 Å². The van der Waals surface area contributed by atoms with Crippen molar-refractivity contribution in [1.29, 1.82) is 0 Å². The number of rotatable bonds is 6. The van der Waals surface area contributed by atoms with Crippen molar-refractivity contribution in [3.8, 4) is 11.5 Å². The van der Waals surface area contributed by atoms with Crippen LogP contribution in [0.15, 0.2) is 36.4 Å². The van der Waals surface area contributed by atoms with Crippen LogP contribution in [0, 0.1) is 5.92 Å². The summed E-state index contributed by atoms with van der Waals surface area (Å²) < 4.78 is 11.3. The van der Waals surface area contributed by atoms with Gasteiger partial charge in [-0.3, -0.25) is 4.79 Å². The van der Waals surface area contributed by atoms with Crippen LogP contribution in [-0.4, -0.2) is 29.1 Å². The van der Waals surface area contributed by atoms with E-state index in [1.165, 1.54) is 0 Å². The van der Waals surface area contributed by atoms with Crippen molar-refractivity contribution < 1.29 is 14.3 Å². The number of aromatic amines is 1. The molecule has 2 heterocycles. The second-order valence-electron chi connectivity index (χ2n) is 7.54. The average Bonchev–Trinajstić information content (AvgIpc) is 3.12. The minimum Gasteiger partial charge on any atom is -0.486 e. The molecule has 3 aromatic rings. The fourth-order valence-corrected chi connectivity index (χ4v) is 3.69. The first-order valence-electron chi connectivity index (χ1n) is 9.82. The number of carbonyl (C=O) groups excluding carboxylic acids is 1. The van der Waals surface area contributed by atoms with E-state index in [0.29, 0.717) is 31.1 Å². The highest BCUT2D eigenvalue weighted by molar-refractivity contribution is 6.31. The molecule has 0 fully saturated rings. The van der Waals surface area contributed by atoms with Crippen molar-refractivity contribution in [2.75, 3.05) is 13.2 Å². The van der Waals surface area contributed by atoms with Crippen molar-refractivity contribution in [3.63, 3.8) is 0 Å². The van der Waals surface area contributed by atoms with Gasteiger partial charge in [-0.05, 0) is 41.8 Å². The summed E-state index contributed by atoms with van der Waals surface area (Å²) in [5.41, 5.74) is 2.74. The number of hydrogen-bond donors (Lipinski definition) is 2. The zero-order valence-electron chi connectivity index (χ0n) is 16.5. The predicted octanol–water partition coefficient (Wildman–Crippen LogP) is 4.43. The summed E-state index contributed by atoms with van der Waals surface area (Å²) in [5.74, 6) is 2.47. The molecule has 0 spiro atoms. The Morgan fingerprint density at radius 2 is 1.97 bits per heavy atom. The van der Waals surface area contributed by atoms with E-state index in [4.69, 9.17) is 21.1 Å². The Morgan fingerprint density at radius 3 is 2.76 bits per heavy atom. The molecule has 7 heteroatoms. The Hall–Kier alpha value is -2.73. The Labute approximate surface area is 174 Å². The third-order valence-corrected chi connectivity index (χ3v) is 5.23. The molecule has 1 unspecified atom stereocenters. The summed E-state index contributed by atoms with van der Waals surface area (Å²) >= 11 is 6.02. The van der Waals surface area contributed by atoms with Crippen LogP contribution in [0.3, 0.4) is 0 Å². The highest BCUT2D eigenvalue weighted by Crippen LogP contribution is 2.34. The standard InChI is InChI=1S/C22H24ClN3O3/c1-13(2)22(14-3-6-18-19(11-14)29-10-9-28-18)26-21(27)8-7-20-24-16-5-4-15(23)12-17(16)25-20/h3-6,11-13,22H,7-10H2,1-2H3,(H,24,25)(H,26,27). The molecule has 4 rings (SSSR count). The largest absolute Gasteiger partial charge is 0.486 e. The fourth-order valence-electron chi connectivity index (χ4n) is 3.52. The van der Waals surface area contributed by atoms with Gasteiger partial charge in [0.25, 0.3) is 0 Å². The number of nitrogens with zero attached hydrogens (tertiary/aromatic N) is 1. The molecular weight excluding hydrogens is 390 g/mol. The molecule has 0 radical (unpaired) electrons. The lowest BCUT2D eigenvalue weighted by molar-refractivity contribution is -0.122. The molecule has 1 amide bonds. The quantitative estimate of drug-likeness (QED) is 0.626. The summed E-state index contributed by atoms with van der Waals surface area (Å²) in [6.07, 6.45) is 0.880. The van der Waals surface area contributed by atoms with E-state index in [1.54, 1.807) is 0 Å². The molecule has 2 aromatic carbocycles. The van der Waals surface area contributed by atoms with Gasteiger partial charge in [0, 0.05) is 17.9 Å². The lowest BCUT2D eigenvalue weighted by atomic mass is 9.95. The highest BCUT2D eigenvalue weighted by atomic mass is 35.5. The molecule has 1 atom stereocenters. The van der Waals surface area contributed by atoms with Crippen molar-refractivity contribution in [3.05, 3.63) is 52.8 Å². The molecule has 2 N–H and O–H groups in total. The predicted molar refractivity (Wildman–Crippen MR) is 113 cm³/mol. The third kappa shape index (κ3) is 4.48. The number of benzene rings is 2. The maximum Gasteiger partial charge on any atom is 0.220 e. The minimum absolute atomic E-state index is 0.0166. The summed E-state index contributed by atoms with van der Waals surface area (Å²) in [6, 6.07) is 11.3. The van der Waals surface area contributed by atoms with Gasteiger partial charge in [0.1, 0.15) is 19.0 Å². The number of carbonyl (C=O) groups is 1. The van der Waals surface area contributed by atoms with Crippen LogP contribution in [0.5, 0.6) is 11.5 Å². The zero-order valence-corrected chi connectivity index (χ0v) is 17.3. The molecule has 1 aliphatic heterocycles. The van der Waals surface area contributed by atoms with Crippen molar-refractivity contribution >= 4 is 28.5 Å². The number of hydrogen-bond acceptors (Lipinski definition) is 4. The number of aromatic nitrogens is 2. The van der Waals surface area contributed by atoms with Crippen molar-refractivity contribution in [2.45, 2.75) is 32.7 Å². The van der Waals surface area contributed by atoms with E-state index >= 15 is 0 Å². The molecule has 0 saturated carbocycles. The van der Waals surface area contributed by atoms with Crippen LogP contribution in [0.2, 0.25) is 5.02 Å². The monoisotopic (exact) mass is 413 g/mol. The van der Waals surface area contributed by atoms with Crippen LogP contribution in [0.1, 0.15) is 37.7 Å². The summed E-state index contributed by atoms with van der Waals surface area (Å²) in [4.78, 5) is 20.4. The van der Waals surface area contributed by atoms with Crippen LogP contribution in [0.4, 0.5) is 0 Å². The SMILES string of the molecule is CC(C)C(NC(=O)CCc1nc2ccc(Cl)cc2[nH]1)c1ccc2c(c1)OCCO2. The number of halogens is 1. The number of amides is 1. The summed E-state index contributed by atoms with van der Waals surface area (Å²) in [7, 11) is 0. The Kier molecular flexibility index (Phi) is 5.62. The van der Waals surface area contributed by atoms with Gasteiger partial charge in [-0.15, -0.1) is 0 Å². The van der Waals surface area contributed by atoms with E-state index in [-0.39, 0.29) is 17.9 Å². The maximum absolute atomic E-state index is 12.6. The molecule has 29 heavy (non-hydrogen) atoms. The Balaban J connectivity index is 1.42. The first-order chi connectivity index (χ1) is 14.0. The van der Waals surface area contributed by atoms with Gasteiger partial charge in [-0.25, -0.2) is 4.98 Å². The zero-order chi connectivity index (χ0) is 20.4. The van der Waals surface area contributed by atoms with Crippen LogP contribution < -0.4 is 14.8 Å². The third-order valence-electron chi connectivity index (χ3n) is 4.99. The lowest BCUT2D eigenvalue weighted by Gasteiger charge is -2.25. The van der Waals surface area contributed by atoms with Gasteiger partial charge in [0.2, 0.25) is 5.91 Å². The van der Waals surface area contributed by atoms with Crippen LogP contribution in [0.25, 0.3) is 11.0 Å². The number of imidazole rings is 1. The summed E-state index contributed by atoms with van der Waals surface area (Å²) in [6.45, 7) is 5.28. The number of H-pyrrole nitrogens is 1. The first kappa shape index (κ1) is 19.6. The van der Waals surface area contributed by atoms with Crippen molar-refractivity contribution in [1.82, 2.24) is 15.3 Å². The Morgan fingerprint density at radius 1 is 1.17 bits per heavy atom. The fraction of sp³-hybridized carbons (Fsp3) is 0.364. The lowest BCUT2D eigenvalue weighted by Crippen LogP contribution is -2.32. The van der Waals surface area contributed by atoms with E-state index in [1.807, 2.05) is 36.4 Å². The molecule has 6 nitrogen and oxygen atoms in total. The molecule has 0 bridgehead atoms. The topological polar surface area (TPSA) is 76.2 Å². The van der Waals surface area contributed by atoms with Gasteiger partial charge in [0.05, 0.1) is 17.1 Å². The molecule has 1 aromatic heterocycles. The smallest absolute Gasteiger partial charge is 0.220 e.